The number of anilines is 1. The van der Waals surface area contributed by atoms with Gasteiger partial charge in [0.05, 0.1) is 13.0 Å². The molecule has 132 valence electrons. The number of aliphatic imine (C=N–C) groups is 1. The molecule has 4 nitrogen and oxygen atoms in total. The zero-order valence-electron chi connectivity index (χ0n) is 13.7. The standard InChI is InChI=1S/C17H23F3N4/c1-2-21-16(22-9-8-17(18,19)20)23-13-14-6-5-7-15(12-14)24-10-3-4-11-24/h3-7,12H,2,8-11,13H2,1H3,(H2,21,22,23). The van der Waals surface area contributed by atoms with E-state index in [1.807, 2.05) is 25.1 Å². The molecule has 1 aromatic carbocycles. The number of hydrogen-bond donors (Lipinski definition) is 2. The van der Waals surface area contributed by atoms with Crippen LogP contribution < -0.4 is 15.5 Å². The summed E-state index contributed by atoms with van der Waals surface area (Å²) in [5.74, 6) is 0.398. The van der Waals surface area contributed by atoms with Crippen LogP contribution in [0.2, 0.25) is 0 Å². The minimum atomic E-state index is -4.16. The zero-order valence-corrected chi connectivity index (χ0v) is 13.7. The Bertz CT molecular complexity index is 573. The zero-order chi connectivity index (χ0) is 17.4. The number of nitrogens with one attached hydrogen (secondary N) is 2. The summed E-state index contributed by atoms with van der Waals surface area (Å²) < 4.78 is 36.7. The topological polar surface area (TPSA) is 39.7 Å². The van der Waals surface area contributed by atoms with Crippen LogP contribution in [0.1, 0.15) is 18.9 Å². The van der Waals surface area contributed by atoms with E-state index in [4.69, 9.17) is 0 Å². The molecule has 1 aliphatic heterocycles. The maximum absolute atomic E-state index is 12.2. The molecule has 24 heavy (non-hydrogen) atoms. The summed E-state index contributed by atoms with van der Waals surface area (Å²) in [5, 5.41) is 5.68. The van der Waals surface area contributed by atoms with Crippen LogP contribution in [-0.2, 0) is 6.54 Å². The van der Waals surface area contributed by atoms with Crippen LogP contribution in [0, 0.1) is 0 Å². The van der Waals surface area contributed by atoms with Gasteiger partial charge in [-0.25, -0.2) is 4.99 Å². The van der Waals surface area contributed by atoms with Crippen molar-refractivity contribution in [2.24, 2.45) is 4.99 Å². The molecule has 7 heteroatoms. The van der Waals surface area contributed by atoms with Crippen LogP contribution in [0.15, 0.2) is 41.4 Å². The predicted octanol–water partition coefficient (Wildman–Crippen LogP) is 3.07. The molecule has 1 aliphatic rings. The van der Waals surface area contributed by atoms with Gasteiger partial charge in [0.2, 0.25) is 0 Å². The van der Waals surface area contributed by atoms with Crippen molar-refractivity contribution in [2.45, 2.75) is 26.1 Å². The summed E-state index contributed by atoms with van der Waals surface area (Å²) in [6.07, 6.45) is -0.797. The molecule has 0 saturated heterocycles. The molecule has 0 aromatic heterocycles. The molecule has 0 saturated carbocycles. The molecule has 0 atom stereocenters. The maximum atomic E-state index is 12.2. The van der Waals surface area contributed by atoms with Gasteiger partial charge in [-0.05, 0) is 24.6 Å². The van der Waals surface area contributed by atoms with E-state index in [-0.39, 0.29) is 6.54 Å². The van der Waals surface area contributed by atoms with Gasteiger partial charge in [0.15, 0.2) is 5.96 Å². The number of benzene rings is 1. The lowest BCUT2D eigenvalue weighted by Gasteiger charge is -2.18. The number of alkyl halides is 3. The molecule has 0 radical (unpaired) electrons. The van der Waals surface area contributed by atoms with Gasteiger partial charge in [0, 0.05) is 31.9 Å². The van der Waals surface area contributed by atoms with Crippen LogP contribution in [0.5, 0.6) is 0 Å². The van der Waals surface area contributed by atoms with Gasteiger partial charge < -0.3 is 15.5 Å². The van der Waals surface area contributed by atoms with E-state index in [1.165, 1.54) is 0 Å². The van der Waals surface area contributed by atoms with Gasteiger partial charge in [-0.15, -0.1) is 0 Å². The number of rotatable bonds is 6. The lowest BCUT2D eigenvalue weighted by molar-refractivity contribution is -0.132. The predicted molar refractivity (Wildman–Crippen MR) is 91.3 cm³/mol. The second kappa shape index (κ2) is 8.61. The molecular weight excluding hydrogens is 317 g/mol. The lowest BCUT2D eigenvalue weighted by Crippen LogP contribution is -2.38. The van der Waals surface area contributed by atoms with Crippen molar-refractivity contribution in [1.29, 1.82) is 0 Å². The second-order valence-electron chi connectivity index (χ2n) is 5.53. The van der Waals surface area contributed by atoms with Gasteiger partial charge in [-0.3, -0.25) is 0 Å². The van der Waals surface area contributed by atoms with Gasteiger partial charge in [0.25, 0.3) is 0 Å². The fourth-order valence-corrected chi connectivity index (χ4v) is 2.38. The first-order valence-electron chi connectivity index (χ1n) is 8.06. The summed E-state index contributed by atoms with van der Waals surface area (Å²) in [6.45, 7) is 4.49. The van der Waals surface area contributed by atoms with E-state index in [0.29, 0.717) is 19.0 Å². The minimum absolute atomic E-state index is 0.186. The van der Waals surface area contributed by atoms with Crippen LogP contribution in [-0.4, -0.2) is 38.3 Å². The van der Waals surface area contributed by atoms with Crippen LogP contribution in [0.3, 0.4) is 0 Å². The van der Waals surface area contributed by atoms with E-state index in [1.54, 1.807) is 0 Å². The molecular formula is C17H23F3N4. The first-order chi connectivity index (χ1) is 11.5. The van der Waals surface area contributed by atoms with E-state index in [9.17, 15) is 13.2 Å². The Kier molecular flexibility index (Phi) is 6.52. The molecule has 0 spiro atoms. The summed E-state index contributed by atoms with van der Waals surface area (Å²) in [4.78, 5) is 6.60. The lowest BCUT2D eigenvalue weighted by atomic mass is 10.2. The van der Waals surface area contributed by atoms with Gasteiger partial charge in [-0.2, -0.15) is 13.2 Å². The molecule has 1 aromatic rings. The summed E-state index contributed by atoms with van der Waals surface area (Å²) >= 11 is 0. The minimum Gasteiger partial charge on any atom is -0.364 e. The SMILES string of the molecule is CCNC(=NCc1cccc(N2CC=CC2)c1)NCCC(F)(F)F. The van der Waals surface area contributed by atoms with E-state index in [0.717, 1.165) is 24.3 Å². The van der Waals surface area contributed by atoms with Crippen molar-refractivity contribution < 1.29 is 13.2 Å². The number of nitrogens with zero attached hydrogens (tertiary/aromatic N) is 2. The average molecular weight is 340 g/mol. The number of hydrogen-bond acceptors (Lipinski definition) is 2. The molecule has 0 aliphatic carbocycles. The Balaban J connectivity index is 1.93. The third-order valence-electron chi connectivity index (χ3n) is 3.56. The molecule has 0 unspecified atom stereocenters. The van der Waals surface area contributed by atoms with Gasteiger partial charge >= 0.3 is 6.18 Å². The summed E-state index contributed by atoms with van der Waals surface area (Å²) in [7, 11) is 0. The largest absolute Gasteiger partial charge is 0.390 e. The maximum Gasteiger partial charge on any atom is 0.390 e. The normalized spacial score (nSPS) is 15.0. The van der Waals surface area contributed by atoms with Gasteiger partial charge in [0.1, 0.15) is 0 Å². The Morgan fingerprint density at radius 1 is 1.21 bits per heavy atom. The first-order valence-corrected chi connectivity index (χ1v) is 8.06. The quantitative estimate of drug-likeness (QED) is 0.475. The van der Waals surface area contributed by atoms with Crippen molar-refractivity contribution in [1.82, 2.24) is 10.6 Å². The third kappa shape index (κ3) is 6.14. The first kappa shape index (κ1) is 18.2. The Labute approximate surface area is 140 Å². The molecule has 1 heterocycles. The highest BCUT2D eigenvalue weighted by Crippen LogP contribution is 2.19. The fourth-order valence-electron chi connectivity index (χ4n) is 2.38. The molecule has 2 rings (SSSR count). The Morgan fingerprint density at radius 3 is 2.62 bits per heavy atom. The highest BCUT2D eigenvalue weighted by atomic mass is 19.4. The fraction of sp³-hybridized carbons (Fsp3) is 0.471. The second-order valence-corrected chi connectivity index (χ2v) is 5.53. The van der Waals surface area contributed by atoms with Gasteiger partial charge in [-0.1, -0.05) is 24.3 Å². The van der Waals surface area contributed by atoms with E-state index >= 15 is 0 Å². The van der Waals surface area contributed by atoms with Crippen molar-refractivity contribution in [3.05, 3.63) is 42.0 Å². The Hall–Kier alpha value is -2.18. The van der Waals surface area contributed by atoms with Crippen molar-refractivity contribution >= 4 is 11.6 Å². The highest BCUT2D eigenvalue weighted by molar-refractivity contribution is 5.79. The summed E-state index contributed by atoms with van der Waals surface area (Å²) in [6, 6.07) is 8.06. The van der Waals surface area contributed by atoms with Crippen LogP contribution in [0.25, 0.3) is 0 Å². The molecule has 0 amide bonds. The number of guanidine groups is 1. The summed E-state index contributed by atoms with van der Waals surface area (Å²) in [5.41, 5.74) is 2.15. The van der Waals surface area contributed by atoms with E-state index in [2.05, 4.69) is 38.7 Å². The van der Waals surface area contributed by atoms with Crippen molar-refractivity contribution in [3.63, 3.8) is 0 Å². The average Bonchev–Trinajstić information content (AvgIpc) is 3.06. The van der Waals surface area contributed by atoms with Crippen LogP contribution >= 0.6 is 0 Å². The molecule has 0 fully saturated rings. The van der Waals surface area contributed by atoms with Crippen LogP contribution in [0.4, 0.5) is 18.9 Å². The number of halogens is 3. The van der Waals surface area contributed by atoms with Crippen molar-refractivity contribution in [2.75, 3.05) is 31.1 Å². The van der Waals surface area contributed by atoms with E-state index < -0.39 is 12.6 Å². The molecule has 2 N–H and O–H groups in total. The highest BCUT2D eigenvalue weighted by Gasteiger charge is 2.26. The van der Waals surface area contributed by atoms with Crippen molar-refractivity contribution in [3.8, 4) is 0 Å². The Morgan fingerprint density at radius 2 is 1.96 bits per heavy atom. The molecule has 0 bridgehead atoms. The monoisotopic (exact) mass is 340 g/mol. The third-order valence-corrected chi connectivity index (χ3v) is 3.56. The smallest absolute Gasteiger partial charge is 0.364 e.